The molecule has 0 saturated carbocycles. The van der Waals surface area contributed by atoms with Crippen LogP contribution < -0.4 is 10.6 Å². The molecule has 1 aliphatic rings. The van der Waals surface area contributed by atoms with Crippen molar-refractivity contribution in [2.45, 2.75) is 25.3 Å². The van der Waals surface area contributed by atoms with E-state index in [-0.39, 0.29) is 12.0 Å². The molecule has 0 radical (unpaired) electrons. The van der Waals surface area contributed by atoms with Gasteiger partial charge in [-0.05, 0) is 36.8 Å². The molecule has 2 N–H and O–H groups in total. The van der Waals surface area contributed by atoms with Gasteiger partial charge >= 0.3 is 6.03 Å². The number of hydrogen-bond acceptors (Lipinski definition) is 5. The number of methoxy groups -OCH3 is 2. The molecule has 0 spiro atoms. The maximum atomic E-state index is 14.0. The standard InChI is InChI=1S/C27H33F2N5O3/c1-18-24(11-13-36-2)32-34(20-7-5-4-6-8-20)26(18)31-27(35)30-25-17-33(12-14-37-3)16-21(25)19-9-10-22(28)23(29)15-19/h4-10,15,21,25H,11-14,16-17H2,1-3H3,(H2,30,31,35)/t21-,25+/m0/s1. The lowest BCUT2D eigenvalue weighted by atomic mass is 9.94. The highest BCUT2D eigenvalue weighted by atomic mass is 19.2. The summed E-state index contributed by atoms with van der Waals surface area (Å²) in [7, 11) is 3.27. The number of benzene rings is 2. The molecule has 1 saturated heterocycles. The number of aromatic nitrogens is 2. The van der Waals surface area contributed by atoms with Gasteiger partial charge in [-0.15, -0.1) is 0 Å². The minimum atomic E-state index is -0.901. The number of amides is 2. The van der Waals surface area contributed by atoms with E-state index >= 15 is 0 Å². The molecule has 2 atom stereocenters. The van der Waals surface area contributed by atoms with Crippen LogP contribution in [-0.2, 0) is 15.9 Å². The third kappa shape index (κ3) is 6.33. The Hall–Kier alpha value is -3.34. The van der Waals surface area contributed by atoms with Crippen LogP contribution in [0.15, 0.2) is 48.5 Å². The second-order valence-electron chi connectivity index (χ2n) is 9.15. The molecule has 8 nitrogen and oxygen atoms in total. The van der Waals surface area contributed by atoms with Crippen LogP contribution in [0.2, 0.25) is 0 Å². The van der Waals surface area contributed by atoms with Crippen LogP contribution in [0, 0.1) is 18.6 Å². The van der Waals surface area contributed by atoms with Gasteiger partial charge in [0.05, 0.1) is 30.6 Å². The van der Waals surface area contributed by atoms with E-state index in [1.807, 2.05) is 37.3 Å². The minimum absolute atomic E-state index is 0.213. The molecule has 37 heavy (non-hydrogen) atoms. The number of rotatable bonds is 10. The molecule has 0 unspecified atom stereocenters. The van der Waals surface area contributed by atoms with Crippen LogP contribution >= 0.6 is 0 Å². The molecule has 2 aromatic carbocycles. The number of anilines is 1. The third-order valence-corrected chi connectivity index (χ3v) is 6.69. The number of halogens is 2. The van der Waals surface area contributed by atoms with Crippen molar-refractivity contribution in [1.82, 2.24) is 20.0 Å². The SMILES string of the molecule is COCCc1nn(-c2ccccc2)c(NC(=O)N[C@@H]2CN(CCOC)C[C@H]2c2ccc(F)c(F)c2)c1C. The second kappa shape index (κ2) is 12.3. The summed E-state index contributed by atoms with van der Waals surface area (Å²) in [5.74, 6) is -1.44. The predicted octanol–water partition coefficient (Wildman–Crippen LogP) is 3.88. The summed E-state index contributed by atoms with van der Waals surface area (Å²) < 4.78 is 39.7. The Kier molecular flexibility index (Phi) is 8.86. The third-order valence-electron chi connectivity index (χ3n) is 6.69. The lowest BCUT2D eigenvalue weighted by molar-refractivity contribution is 0.159. The van der Waals surface area contributed by atoms with Crippen molar-refractivity contribution in [3.05, 3.63) is 77.0 Å². The van der Waals surface area contributed by atoms with Crippen LogP contribution in [0.3, 0.4) is 0 Å². The van der Waals surface area contributed by atoms with Gasteiger partial charge in [-0.1, -0.05) is 24.3 Å². The van der Waals surface area contributed by atoms with Gasteiger partial charge in [0.25, 0.3) is 0 Å². The van der Waals surface area contributed by atoms with Crippen LogP contribution in [0.25, 0.3) is 5.69 Å². The number of carbonyl (C=O) groups excluding carboxylic acids is 1. The van der Waals surface area contributed by atoms with E-state index in [1.54, 1.807) is 25.0 Å². The molecule has 198 valence electrons. The molecule has 1 fully saturated rings. The maximum Gasteiger partial charge on any atom is 0.320 e. The largest absolute Gasteiger partial charge is 0.384 e. The topological polar surface area (TPSA) is 80.6 Å². The highest BCUT2D eigenvalue weighted by molar-refractivity contribution is 5.90. The number of urea groups is 1. The Morgan fingerprint density at radius 1 is 1.05 bits per heavy atom. The summed E-state index contributed by atoms with van der Waals surface area (Å²) in [6, 6.07) is 12.8. The second-order valence-corrected chi connectivity index (χ2v) is 9.15. The summed E-state index contributed by atoms with van der Waals surface area (Å²) >= 11 is 0. The molecule has 2 heterocycles. The lowest BCUT2D eigenvalue weighted by Gasteiger charge is -2.21. The highest BCUT2D eigenvalue weighted by Crippen LogP contribution is 2.29. The molecule has 3 aromatic rings. The van der Waals surface area contributed by atoms with Gasteiger partial charge in [0.15, 0.2) is 11.6 Å². The smallest absolute Gasteiger partial charge is 0.320 e. The Bertz CT molecular complexity index is 1200. The van der Waals surface area contributed by atoms with Crippen LogP contribution in [0.1, 0.15) is 22.7 Å². The van der Waals surface area contributed by atoms with Crippen molar-refractivity contribution < 1.29 is 23.0 Å². The summed E-state index contributed by atoms with van der Waals surface area (Å²) in [6.07, 6.45) is 0.605. The monoisotopic (exact) mass is 513 g/mol. The Morgan fingerprint density at radius 2 is 1.81 bits per heavy atom. The number of nitrogens with zero attached hydrogens (tertiary/aromatic N) is 3. The van der Waals surface area contributed by atoms with Gasteiger partial charge in [-0.2, -0.15) is 5.10 Å². The number of hydrogen-bond donors (Lipinski definition) is 2. The first kappa shape index (κ1) is 26.7. The van der Waals surface area contributed by atoms with Gasteiger partial charge in [0.1, 0.15) is 5.82 Å². The molecule has 1 aromatic heterocycles. The molecule has 0 bridgehead atoms. The summed E-state index contributed by atoms with van der Waals surface area (Å²) in [5.41, 5.74) is 3.13. The van der Waals surface area contributed by atoms with Crippen LogP contribution in [-0.4, -0.2) is 73.8 Å². The van der Waals surface area contributed by atoms with E-state index in [0.29, 0.717) is 50.7 Å². The molecular formula is C27H33F2N5O3. The predicted molar refractivity (Wildman–Crippen MR) is 137 cm³/mol. The zero-order valence-electron chi connectivity index (χ0n) is 21.3. The number of nitrogens with one attached hydrogen (secondary N) is 2. The number of carbonyl (C=O) groups is 1. The fraction of sp³-hybridized carbons (Fsp3) is 0.407. The molecule has 1 aliphatic heterocycles. The van der Waals surface area contributed by atoms with Crippen molar-refractivity contribution >= 4 is 11.8 Å². The van der Waals surface area contributed by atoms with Gasteiger partial charge in [-0.25, -0.2) is 18.3 Å². The Balaban J connectivity index is 1.56. The average molecular weight is 514 g/mol. The van der Waals surface area contributed by atoms with Gasteiger partial charge in [0.2, 0.25) is 0 Å². The normalized spacial score (nSPS) is 17.8. The first-order valence-electron chi connectivity index (χ1n) is 12.3. The molecule has 0 aliphatic carbocycles. The summed E-state index contributed by atoms with van der Waals surface area (Å²) in [5, 5.41) is 10.8. The summed E-state index contributed by atoms with van der Waals surface area (Å²) in [4.78, 5) is 15.4. The Labute approximate surface area is 215 Å². The van der Waals surface area contributed by atoms with Gasteiger partial charge in [-0.3, -0.25) is 10.2 Å². The van der Waals surface area contributed by atoms with Crippen molar-refractivity contribution in [3.63, 3.8) is 0 Å². The minimum Gasteiger partial charge on any atom is -0.384 e. The zero-order valence-corrected chi connectivity index (χ0v) is 21.3. The number of ether oxygens (including phenoxy) is 2. The fourth-order valence-corrected chi connectivity index (χ4v) is 4.71. The first-order chi connectivity index (χ1) is 17.9. The summed E-state index contributed by atoms with van der Waals surface area (Å²) in [6.45, 7) is 4.76. The van der Waals surface area contributed by atoms with E-state index < -0.39 is 17.7 Å². The van der Waals surface area contributed by atoms with Gasteiger partial charge in [0, 0.05) is 51.8 Å². The fourth-order valence-electron chi connectivity index (χ4n) is 4.71. The van der Waals surface area contributed by atoms with Crippen molar-refractivity contribution in [2.75, 3.05) is 52.4 Å². The van der Waals surface area contributed by atoms with Gasteiger partial charge < -0.3 is 14.8 Å². The van der Waals surface area contributed by atoms with Crippen LogP contribution in [0.5, 0.6) is 0 Å². The van der Waals surface area contributed by atoms with E-state index in [4.69, 9.17) is 14.6 Å². The van der Waals surface area contributed by atoms with E-state index in [2.05, 4.69) is 15.5 Å². The Morgan fingerprint density at radius 3 is 2.51 bits per heavy atom. The number of likely N-dealkylation sites (tertiary alicyclic amines) is 1. The van der Waals surface area contributed by atoms with E-state index in [0.717, 1.165) is 23.0 Å². The highest BCUT2D eigenvalue weighted by Gasteiger charge is 2.35. The van der Waals surface area contributed by atoms with Crippen molar-refractivity contribution in [1.29, 1.82) is 0 Å². The maximum absolute atomic E-state index is 14.0. The van der Waals surface area contributed by atoms with Crippen LogP contribution in [0.4, 0.5) is 19.4 Å². The molecule has 2 amide bonds. The van der Waals surface area contributed by atoms with E-state index in [1.165, 1.54) is 6.07 Å². The van der Waals surface area contributed by atoms with Crippen molar-refractivity contribution in [3.8, 4) is 5.69 Å². The van der Waals surface area contributed by atoms with Crippen molar-refractivity contribution in [2.24, 2.45) is 0 Å². The molecule has 4 rings (SSSR count). The quantitative estimate of drug-likeness (QED) is 0.430. The number of para-hydroxylation sites is 1. The lowest BCUT2D eigenvalue weighted by Crippen LogP contribution is -2.42. The molecule has 10 heteroatoms. The average Bonchev–Trinajstić information content (AvgIpc) is 3.44. The molecular weight excluding hydrogens is 480 g/mol. The first-order valence-corrected chi connectivity index (χ1v) is 12.3. The van der Waals surface area contributed by atoms with E-state index in [9.17, 15) is 13.6 Å². The zero-order chi connectivity index (χ0) is 26.4.